The van der Waals surface area contributed by atoms with E-state index in [-0.39, 0.29) is 0 Å². The van der Waals surface area contributed by atoms with Gasteiger partial charge >= 0.3 is 35.8 Å². The van der Waals surface area contributed by atoms with Crippen LogP contribution >= 0.6 is 0 Å². The second kappa shape index (κ2) is 14.5. The molecule has 0 spiro atoms. The molecule has 2 aliphatic heterocycles. The minimum Gasteiger partial charge on any atom is -0.456 e. The van der Waals surface area contributed by atoms with Crippen molar-refractivity contribution in [3.8, 4) is 0 Å². The fourth-order valence-electron chi connectivity index (χ4n) is 6.14. The van der Waals surface area contributed by atoms with Gasteiger partial charge in [0.1, 0.15) is 6.10 Å². The van der Waals surface area contributed by atoms with E-state index in [0.717, 1.165) is 0 Å². The number of aromatic nitrogens is 1. The molecule has 0 amide bonds. The number of esters is 6. The van der Waals surface area contributed by atoms with Crippen molar-refractivity contribution in [3.63, 3.8) is 0 Å². The molecule has 0 N–H and O–H groups in total. The molecular weight excluding hydrogens is 622 g/mol. The maximum absolute atomic E-state index is 12.4. The van der Waals surface area contributed by atoms with Crippen molar-refractivity contribution in [3.05, 3.63) is 36.0 Å². The number of carbonyl (C=O) groups excluding carboxylic acids is 6. The summed E-state index contributed by atoms with van der Waals surface area (Å²) in [7, 11) is 0. The molecule has 47 heavy (non-hydrogen) atoms. The van der Waals surface area contributed by atoms with Gasteiger partial charge in [0.2, 0.25) is 0 Å². The fourth-order valence-corrected chi connectivity index (χ4v) is 6.14. The van der Waals surface area contributed by atoms with E-state index in [1.165, 1.54) is 41.5 Å². The first kappa shape index (κ1) is 35.4. The zero-order valence-electron chi connectivity index (χ0n) is 27.3. The first-order valence-electron chi connectivity index (χ1n) is 15.0. The molecule has 2 aliphatic rings. The number of para-hydroxylation sites is 1. The minimum atomic E-state index is -1.29. The average molecular weight is 662 g/mol. The quantitative estimate of drug-likeness (QED) is 0.297. The Labute approximate surface area is 270 Å². The molecule has 15 nitrogen and oxygen atoms in total. The lowest BCUT2D eigenvalue weighted by atomic mass is 9.90. The second-order valence-electron chi connectivity index (χ2n) is 11.4. The molecule has 0 unspecified atom stereocenters. The number of benzene rings is 1. The Morgan fingerprint density at radius 3 is 1.47 bits per heavy atom. The molecule has 3 heterocycles. The second-order valence-corrected chi connectivity index (χ2v) is 11.4. The molecule has 0 bridgehead atoms. The van der Waals surface area contributed by atoms with Crippen molar-refractivity contribution in [2.24, 2.45) is 0 Å². The number of hydrogen-bond acceptors (Lipinski definition) is 14. The van der Waals surface area contributed by atoms with Crippen LogP contribution in [0.4, 0.5) is 0 Å². The third-order valence-electron chi connectivity index (χ3n) is 7.68. The van der Waals surface area contributed by atoms with Crippen LogP contribution in [-0.4, -0.2) is 89.2 Å². The van der Waals surface area contributed by atoms with Gasteiger partial charge < -0.3 is 42.5 Å². The predicted molar refractivity (Wildman–Crippen MR) is 158 cm³/mol. The minimum absolute atomic E-state index is 0.459. The van der Waals surface area contributed by atoms with E-state index in [1.807, 2.05) is 0 Å². The standard InChI is InChI=1S/C32H39NO14/c1-14-25(42-16(3)34)28(44-18(5)36)30(46-20(7)38)27(40-14)23-13-33(24-12-10-9-11-22(23)24)32-31(47-21(8)39)29(45-19(6)37)26(15(2)41-32)43-17(4)35/h9-15,25-32H,1-8H3/t14-,15-,25+,26+,27+,28+,29+,30+,31-,32-/m0/s1. The zero-order valence-corrected chi connectivity index (χ0v) is 27.3. The predicted octanol–water partition coefficient (Wildman–Crippen LogP) is 2.61. The van der Waals surface area contributed by atoms with Crippen LogP contribution in [0.15, 0.2) is 30.5 Å². The number of hydrogen-bond donors (Lipinski definition) is 0. The highest BCUT2D eigenvalue weighted by molar-refractivity contribution is 5.85. The van der Waals surface area contributed by atoms with E-state index in [2.05, 4.69) is 0 Å². The summed E-state index contributed by atoms with van der Waals surface area (Å²) in [5, 5.41) is 0.596. The highest BCUT2D eigenvalue weighted by Crippen LogP contribution is 2.43. The number of ether oxygens (including phenoxy) is 8. The Bertz CT molecular complexity index is 1420. The van der Waals surface area contributed by atoms with Crippen LogP contribution < -0.4 is 0 Å². The number of nitrogens with zero attached hydrogens (tertiary/aromatic N) is 1. The first-order chi connectivity index (χ1) is 22.1. The maximum atomic E-state index is 12.4. The highest BCUT2D eigenvalue weighted by atomic mass is 16.7. The van der Waals surface area contributed by atoms with Gasteiger partial charge in [-0.05, 0) is 19.9 Å². The monoisotopic (exact) mass is 661 g/mol. The number of carbonyl (C=O) groups is 6. The summed E-state index contributed by atoms with van der Waals surface area (Å²) in [4.78, 5) is 73.2. The molecule has 2 saturated heterocycles. The Balaban J connectivity index is 1.89. The summed E-state index contributed by atoms with van der Waals surface area (Å²) in [6.07, 6.45) is -9.52. The van der Waals surface area contributed by atoms with Crippen LogP contribution in [-0.2, 0) is 66.7 Å². The van der Waals surface area contributed by atoms with Crippen LogP contribution in [0.1, 0.15) is 73.3 Å². The van der Waals surface area contributed by atoms with Gasteiger partial charge in [-0.25, -0.2) is 0 Å². The van der Waals surface area contributed by atoms with Crippen molar-refractivity contribution >= 4 is 46.7 Å². The molecular formula is C32H39NO14. The van der Waals surface area contributed by atoms with Gasteiger partial charge in [-0.2, -0.15) is 0 Å². The van der Waals surface area contributed by atoms with E-state index in [4.69, 9.17) is 37.9 Å². The summed E-state index contributed by atoms with van der Waals surface area (Å²) in [5.74, 6) is -4.15. The molecule has 0 aliphatic carbocycles. The van der Waals surface area contributed by atoms with Crippen molar-refractivity contribution in [1.29, 1.82) is 0 Å². The number of fused-ring (bicyclic) bond motifs is 1. The Morgan fingerprint density at radius 2 is 0.957 bits per heavy atom. The summed E-state index contributed by atoms with van der Waals surface area (Å²) in [6, 6.07) is 7.06. The van der Waals surface area contributed by atoms with Crippen LogP contribution in [0.2, 0.25) is 0 Å². The van der Waals surface area contributed by atoms with Crippen molar-refractivity contribution < 1.29 is 66.7 Å². The largest absolute Gasteiger partial charge is 0.456 e. The molecule has 256 valence electrons. The molecule has 2 fully saturated rings. The fraction of sp³-hybridized carbons (Fsp3) is 0.562. The Kier molecular flexibility index (Phi) is 10.9. The van der Waals surface area contributed by atoms with Crippen molar-refractivity contribution in [1.82, 2.24) is 4.57 Å². The molecule has 1 aromatic heterocycles. The van der Waals surface area contributed by atoms with Gasteiger partial charge in [0, 0.05) is 58.7 Å². The van der Waals surface area contributed by atoms with E-state index in [1.54, 1.807) is 48.9 Å². The van der Waals surface area contributed by atoms with E-state index in [0.29, 0.717) is 16.5 Å². The van der Waals surface area contributed by atoms with Gasteiger partial charge in [0.25, 0.3) is 0 Å². The van der Waals surface area contributed by atoms with Gasteiger partial charge in [-0.15, -0.1) is 0 Å². The topological polar surface area (TPSA) is 181 Å². The Morgan fingerprint density at radius 1 is 0.553 bits per heavy atom. The average Bonchev–Trinajstić information content (AvgIpc) is 3.33. The van der Waals surface area contributed by atoms with Crippen molar-refractivity contribution in [2.45, 2.75) is 117 Å². The first-order valence-corrected chi connectivity index (χ1v) is 15.0. The van der Waals surface area contributed by atoms with Gasteiger partial charge in [0.15, 0.2) is 42.9 Å². The number of rotatable bonds is 8. The summed E-state index contributed by atoms with van der Waals surface area (Å²) in [6.45, 7) is 10.3. The van der Waals surface area contributed by atoms with Gasteiger partial charge in [-0.3, -0.25) is 28.8 Å². The van der Waals surface area contributed by atoms with E-state index in [9.17, 15) is 28.8 Å². The smallest absolute Gasteiger partial charge is 0.303 e. The van der Waals surface area contributed by atoms with Crippen LogP contribution in [0.5, 0.6) is 0 Å². The maximum Gasteiger partial charge on any atom is 0.303 e. The third kappa shape index (κ3) is 7.91. The molecule has 0 saturated carbocycles. The lowest BCUT2D eigenvalue weighted by Crippen LogP contribution is -2.58. The summed E-state index contributed by atoms with van der Waals surface area (Å²) in [5.41, 5.74) is 1.01. The molecule has 10 atom stereocenters. The lowest BCUT2D eigenvalue weighted by molar-refractivity contribution is -0.259. The van der Waals surface area contributed by atoms with Gasteiger partial charge in [0.05, 0.1) is 17.7 Å². The van der Waals surface area contributed by atoms with Crippen molar-refractivity contribution in [2.75, 3.05) is 0 Å². The molecule has 4 rings (SSSR count). The molecule has 0 radical (unpaired) electrons. The molecule has 2 aromatic rings. The lowest BCUT2D eigenvalue weighted by Gasteiger charge is -2.44. The SMILES string of the molecule is CC(=O)O[C@@H]1[C@H](OC(C)=O)[C@H](C)O[C@H](c2cn([C@H]3O[C@@H](C)[C@@H](OC(C)=O)[C@@H](OC(C)=O)[C@@H]3OC(C)=O)c3ccccc23)[C@H]1OC(C)=O. The van der Waals surface area contributed by atoms with Crippen LogP contribution in [0, 0.1) is 0 Å². The third-order valence-corrected chi connectivity index (χ3v) is 7.68. The summed E-state index contributed by atoms with van der Waals surface area (Å²) < 4.78 is 47.8. The molecule has 1 aromatic carbocycles. The van der Waals surface area contributed by atoms with Crippen LogP contribution in [0.3, 0.4) is 0 Å². The zero-order chi connectivity index (χ0) is 34.7. The highest BCUT2D eigenvalue weighted by Gasteiger charge is 2.53. The Hall–Kier alpha value is -4.50. The van der Waals surface area contributed by atoms with E-state index < -0.39 is 97.0 Å². The van der Waals surface area contributed by atoms with Gasteiger partial charge in [-0.1, -0.05) is 18.2 Å². The van der Waals surface area contributed by atoms with E-state index >= 15 is 0 Å². The summed E-state index contributed by atoms with van der Waals surface area (Å²) >= 11 is 0. The molecule has 15 heteroatoms. The van der Waals surface area contributed by atoms with Crippen LogP contribution in [0.25, 0.3) is 10.9 Å². The normalized spacial score (nSPS) is 30.5.